The van der Waals surface area contributed by atoms with E-state index in [1.165, 1.54) is 0 Å². The van der Waals surface area contributed by atoms with Gasteiger partial charge < -0.3 is 31.3 Å². The summed E-state index contributed by atoms with van der Waals surface area (Å²) in [4.78, 5) is 47.9. The van der Waals surface area contributed by atoms with Gasteiger partial charge in [0.25, 0.3) is 23.9 Å². The van der Waals surface area contributed by atoms with E-state index >= 15 is 0 Å². The molecule has 0 spiro atoms. The topological polar surface area (TPSA) is 133 Å². The Morgan fingerprint density at radius 3 is 1.09 bits per heavy atom. The van der Waals surface area contributed by atoms with Crippen molar-refractivity contribution in [3.05, 3.63) is 24.3 Å². The molecule has 0 amide bonds. The maximum absolute atomic E-state index is 12.0. The molecule has 0 bridgehead atoms. The maximum Gasteiger partial charge on any atom is 0.630 e. The van der Waals surface area contributed by atoms with Crippen LogP contribution in [0, 0.1) is 0 Å². The molecule has 11 nitrogen and oxygen atoms in total. The summed E-state index contributed by atoms with van der Waals surface area (Å²) >= 11 is 0. The van der Waals surface area contributed by atoms with Crippen molar-refractivity contribution in [1.29, 1.82) is 0 Å². The predicted molar refractivity (Wildman–Crippen MR) is 130 cm³/mol. The van der Waals surface area contributed by atoms with Gasteiger partial charge in [-0.25, -0.2) is 0 Å². The third-order valence-electron chi connectivity index (χ3n) is 3.75. The Morgan fingerprint density at radius 2 is 0.857 bits per heavy atom. The van der Waals surface area contributed by atoms with Gasteiger partial charge in [-0.1, -0.05) is 24.3 Å². The summed E-state index contributed by atoms with van der Waals surface area (Å²) in [6, 6.07) is -0.0996. The number of carbonyl (C=O) groups excluding carboxylic acids is 4. The molecule has 0 rings (SSSR count). The second-order valence-corrected chi connectivity index (χ2v) is 13.4. The van der Waals surface area contributed by atoms with Crippen molar-refractivity contribution in [3.8, 4) is 0 Å². The highest BCUT2D eigenvalue weighted by Crippen LogP contribution is 2.29. The third-order valence-corrected chi connectivity index (χ3v) is 10.6. The summed E-state index contributed by atoms with van der Waals surface area (Å²) in [6.07, 6.45) is 0.540. The van der Waals surface area contributed by atoms with E-state index in [-0.39, 0.29) is 38.1 Å². The van der Waals surface area contributed by atoms with Crippen LogP contribution in [0.2, 0.25) is 12.1 Å². The van der Waals surface area contributed by atoms with Crippen molar-refractivity contribution < 1.29 is 50.5 Å². The van der Waals surface area contributed by atoms with Crippen LogP contribution in [0.25, 0.3) is 0 Å². The van der Waals surface area contributed by atoms with Crippen LogP contribution >= 0.6 is 0 Å². The Morgan fingerprint density at radius 1 is 0.571 bits per heavy atom. The quantitative estimate of drug-likeness (QED) is 0.146. The fourth-order valence-corrected chi connectivity index (χ4v) is 9.60. The van der Waals surface area contributed by atoms with Crippen LogP contribution in [0.1, 0.15) is 54.4 Å². The maximum atomic E-state index is 12.0. The highest BCUT2D eigenvalue weighted by atomic mass is 28.5. The summed E-state index contributed by atoms with van der Waals surface area (Å²) < 4.78 is 38.7. The van der Waals surface area contributed by atoms with E-state index in [0.717, 1.165) is 38.8 Å². The molecule has 200 valence electrons. The van der Waals surface area contributed by atoms with Gasteiger partial charge in [0.1, 0.15) is 0 Å². The van der Waals surface area contributed by atoms with Crippen molar-refractivity contribution in [3.63, 3.8) is 0 Å². The van der Waals surface area contributed by atoms with Gasteiger partial charge in [0.15, 0.2) is 0 Å². The number of carbonyl (C=O) groups is 4. The lowest BCUT2D eigenvalue weighted by atomic mass is 10.4. The molecule has 35 heavy (non-hydrogen) atoms. The number of ether oxygens (including phenoxy) is 2. The van der Waals surface area contributed by atoms with E-state index < -0.39 is 41.5 Å². The minimum atomic E-state index is -4.20. The van der Waals surface area contributed by atoms with E-state index in [0.29, 0.717) is 13.2 Å². The van der Waals surface area contributed by atoms with Gasteiger partial charge in [0, 0.05) is 53.0 Å². The fraction of sp³-hybridized carbons (Fsp3) is 0.636. The molecule has 0 aromatic carbocycles. The van der Waals surface area contributed by atoms with Crippen LogP contribution in [-0.4, -0.2) is 67.9 Å². The molecule has 0 saturated carbocycles. The average Bonchev–Trinajstić information content (AvgIpc) is 2.64. The van der Waals surface area contributed by atoms with Crippen molar-refractivity contribution in [2.75, 3.05) is 26.4 Å². The van der Waals surface area contributed by atoms with E-state index in [2.05, 4.69) is 13.2 Å². The molecule has 0 aromatic rings. The van der Waals surface area contributed by atoms with Crippen LogP contribution in [0.15, 0.2) is 24.3 Å². The van der Waals surface area contributed by atoms with Gasteiger partial charge in [-0.05, 0) is 26.7 Å². The lowest BCUT2D eigenvalue weighted by Gasteiger charge is -2.35. The Bertz CT molecular complexity index is 673. The van der Waals surface area contributed by atoms with Crippen LogP contribution in [0.4, 0.5) is 0 Å². The van der Waals surface area contributed by atoms with Gasteiger partial charge in [-0.3, -0.25) is 19.2 Å². The first-order valence-corrected chi connectivity index (χ1v) is 15.0. The summed E-state index contributed by atoms with van der Waals surface area (Å²) in [5.74, 6) is -3.11. The Balaban J connectivity index is 6.03. The lowest BCUT2D eigenvalue weighted by Crippen LogP contribution is -2.60. The summed E-state index contributed by atoms with van der Waals surface area (Å²) in [5.41, 5.74) is 1.63. The molecule has 0 saturated heterocycles. The highest BCUT2D eigenvalue weighted by Gasteiger charge is 2.61. The smallest absolute Gasteiger partial charge is 0.465 e. The number of hydrogen-bond acceptors (Lipinski definition) is 11. The standard InChI is InChI=1S/C22H38O11Si2/c1-17(2)15-27-11-9-13-34(29-19(5)23,30-20(6)24)33-35(31-21(7)25,32-22(8)26)14-10-12-28-16-18(3)4/h1,3,9-16H2,2,4-8H3. The second kappa shape index (κ2) is 16.4. The summed E-state index contributed by atoms with van der Waals surface area (Å²) in [6.45, 7) is 16.7. The first kappa shape index (κ1) is 32.7. The van der Waals surface area contributed by atoms with Crippen molar-refractivity contribution in [1.82, 2.24) is 0 Å². The van der Waals surface area contributed by atoms with Crippen molar-refractivity contribution in [2.45, 2.75) is 66.5 Å². The molecule has 0 aliphatic heterocycles. The zero-order valence-corrected chi connectivity index (χ0v) is 23.6. The average molecular weight is 535 g/mol. The molecular weight excluding hydrogens is 496 g/mol. The molecule has 0 heterocycles. The molecule has 0 aliphatic carbocycles. The second-order valence-electron chi connectivity index (χ2n) is 8.07. The third kappa shape index (κ3) is 16.1. The number of hydrogen-bond donors (Lipinski definition) is 0. The number of rotatable bonds is 18. The van der Waals surface area contributed by atoms with Crippen LogP contribution in [0.5, 0.6) is 0 Å². The van der Waals surface area contributed by atoms with Gasteiger partial charge in [0.2, 0.25) is 0 Å². The largest absolute Gasteiger partial charge is 0.630 e. The van der Waals surface area contributed by atoms with Gasteiger partial charge in [-0.15, -0.1) is 0 Å². The summed E-state index contributed by atoms with van der Waals surface area (Å²) in [7, 11) is -8.41. The predicted octanol–water partition coefficient (Wildman–Crippen LogP) is 3.10. The van der Waals surface area contributed by atoms with E-state index in [1.807, 2.05) is 0 Å². The SMILES string of the molecule is C=C(C)COCCC[Si](OC(C)=O)(OC(C)=O)O[Si](CCCOCC(=C)C)(OC(C)=O)OC(C)=O. The Labute approximate surface area is 209 Å². The van der Waals surface area contributed by atoms with Gasteiger partial charge >= 0.3 is 17.6 Å². The molecule has 0 aliphatic rings. The molecule has 0 fully saturated rings. The Kier molecular flexibility index (Phi) is 15.3. The van der Waals surface area contributed by atoms with Gasteiger partial charge in [0.05, 0.1) is 13.2 Å². The van der Waals surface area contributed by atoms with E-state index in [4.69, 9.17) is 31.3 Å². The van der Waals surface area contributed by atoms with Gasteiger partial charge in [-0.2, -0.15) is 0 Å². The highest BCUT2D eigenvalue weighted by molar-refractivity contribution is 6.77. The Hall–Kier alpha value is -2.33. The zero-order chi connectivity index (χ0) is 27.1. The first-order valence-electron chi connectivity index (χ1n) is 11.1. The normalized spacial score (nSPS) is 11.4. The first-order chi connectivity index (χ1) is 16.2. The fourth-order valence-electron chi connectivity index (χ4n) is 2.82. The minimum Gasteiger partial charge on any atom is -0.465 e. The van der Waals surface area contributed by atoms with Crippen molar-refractivity contribution in [2.24, 2.45) is 0 Å². The van der Waals surface area contributed by atoms with Crippen LogP contribution < -0.4 is 0 Å². The minimum absolute atomic E-state index is 0.0498. The molecule has 0 unspecified atom stereocenters. The molecule has 0 N–H and O–H groups in total. The van der Waals surface area contributed by atoms with E-state index in [9.17, 15) is 19.2 Å². The van der Waals surface area contributed by atoms with Crippen LogP contribution in [0.3, 0.4) is 0 Å². The molecule has 0 atom stereocenters. The van der Waals surface area contributed by atoms with E-state index in [1.54, 1.807) is 13.8 Å². The lowest BCUT2D eigenvalue weighted by molar-refractivity contribution is -0.144. The molecule has 0 radical (unpaired) electrons. The molecule has 13 heteroatoms. The van der Waals surface area contributed by atoms with Crippen LogP contribution in [-0.2, 0) is 50.5 Å². The van der Waals surface area contributed by atoms with Crippen molar-refractivity contribution >= 4 is 41.5 Å². The zero-order valence-electron chi connectivity index (χ0n) is 21.6. The summed E-state index contributed by atoms with van der Waals surface area (Å²) in [5, 5.41) is 0. The molecular formula is C22H38O11Si2. The molecule has 0 aromatic heterocycles. The monoisotopic (exact) mass is 534 g/mol.